The van der Waals surface area contributed by atoms with Crippen molar-refractivity contribution in [1.29, 1.82) is 0 Å². The van der Waals surface area contributed by atoms with Crippen LogP contribution in [0.15, 0.2) is 72.3 Å². The first-order valence-electron chi connectivity index (χ1n) is 9.46. The molecule has 0 amide bonds. The molecule has 2 nitrogen and oxygen atoms in total. The van der Waals surface area contributed by atoms with Crippen LogP contribution in [-0.2, 0) is 4.43 Å². The molecular formula is C23H30O2Si. The van der Waals surface area contributed by atoms with Gasteiger partial charge in [-0.3, -0.25) is 0 Å². The van der Waals surface area contributed by atoms with Gasteiger partial charge >= 0.3 is 0 Å². The largest absolute Gasteiger partial charge is 0.407 e. The number of hydrogen-bond acceptors (Lipinski definition) is 2. The van der Waals surface area contributed by atoms with Gasteiger partial charge in [0.15, 0.2) is 0 Å². The van der Waals surface area contributed by atoms with Gasteiger partial charge in [-0.1, -0.05) is 87.5 Å². The van der Waals surface area contributed by atoms with Gasteiger partial charge in [0.1, 0.15) is 0 Å². The van der Waals surface area contributed by atoms with E-state index in [2.05, 4.69) is 87.5 Å². The molecule has 0 spiro atoms. The summed E-state index contributed by atoms with van der Waals surface area (Å²) in [6.45, 7) is 9.45. The van der Waals surface area contributed by atoms with Crippen molar-refractivity contribution in [2.24, 2.45) is 5.92 Å². The van der Waals surface area contributed by atoms with Crippen LogP contribution in [0.25, 0.3) is 0 Å². The molecule has 138 valence electrons. The molecule has 0 aromatic heterocycles. The van der Waals surface area contributed by atoms with Crippen molar-refractivity contribution in [3.05, 3.63) is 72.3 Å². The highest BCUT2D eigenvalue weighted by molar-refractivity contribution is 6.99. The molecule has 1 aliphatic carbocycles. The van der Waals surface area contributed by atoms with E-state index in [9.17, 15) is 5.11 Å². The average molecular weight is 367 g/mol. The zero-order chi connectivity index (χ0) is 18.8. The van der Waals surface area contributed by atoms with Crippen molar-refractivity contribution in [3.8, 4) is 0 Å². The van der Waals surface area contributed by atoms with E-state index in [1.807, 2.05) is 6.92 Å². The number of aliphatic hydroxyl groups is 1. The summed E-state index contributed by atoms with van der Waals surface area (Å²) in [7, 11) is -2.50. The number of benzene rings is 2. The summed E-state index contributed by atoms with van der Waals surface area (Å²) in [6.07, 6.45) is 2.66. The van der Waals surface area contributed by atoms with Crippen LogP contribution in [0.4, 0.5) is 0 Å². The van der Waals surface area contributed by atoms with Gasteiger partial charge in [0, 0.05) is 12.5 Å². The van der Waals surface area contributed by atoms with Gasteiger partial charge in [0.25, 0.3) is 8.32 Å². The number of hydrogen-bond donors (Lipinski definition) is 1. The molecule has 1 N–H and O–H groups in total. The SMILES string of the molecule is CC1=CC[C@@H](CO[Si](c2ccccc2)(c2ccccc2)C(C)(C)C)[C@@H]1O. The molecule has 0 aliphatic heterocycles. The number of allylic oxidation sites excluding steroid dienone is 1. The van der Waals surface area contributed by atoms with Crippen LogP contribution in [-0.4, -0.2) is 26.1 Å². The van der Waals surface area contributed by atoms with E-state index < -0.39 is 8.32 Å². The Balaban J connectivity index is 2.03. The van der Waals surface area contributed by atoms with Crippen LogP contribution in [0, 0.1) is 5.92 Å². The molecule has 0 fully saturated rings. The quantitative estimate of drug-likeness (QED) is 0.642. The van der Waals surface area contributed by atoms with E-state index in [0.29, 0.717) is 6.61 Å². The molecule has 2 aromatic rings. The van der Waals surface area contributed by atoms with E-state index in [4.69, 9.17) is 4.43 Å². The molecular weight excluding hydrogens is 336 g/mol. The van der Waals surface area contributed by atoms with Crippen LogP contribution < -0.4 is 10.4 Å². The summed E-state index contributed by atoms with van der Waals surface area (Å²) in [6, 6.07) is 21.4. The van der Waals surface area contributed by atoms with Gasteiger partial charge < -0.3 is 9.53 Å². The van der Waals surface area contributed by atoms with Gasteiger partial charge in [-0.15, -0.1) is 0 Å². The maximum absolute atomic E-state index is 10.5. The molecule has 0 radical (unpaired) electrons. The van der Waals surface area contributed by atoms with Gasteiger partial charge in [0.2, 0.25) is 0 Å². The Labute approximate surface area is 158 Å². The van der Waals surface area contributed by atoms with E-state index in [-0.39, 0.29) is 17.1 Å². The zero-order valence-electron chi connectivity index (χ0n) is 16.3. The lowest BCUT2D eigenvalue weighted by atomic mass is 10.0. The average Bonchev–Trinajstić information content (AvgIpc) is 2.95. The zero-order valence-corrected chi connectivity index (χ0v) is 17.3. The molecule has 0 heterocycles. The predicted molar refractivity (Wildman–Crippen MR) is 111 cm³/mol. The van der Waals surface area contributed by atoms with E-state index in [1.165, 1.54) is 10.4 Å². The fourth-order valence-corrected chi connectivity index (χ4v) is 8.73. The highest BCUT2D eigenvalue weighted by Crippen LogP contribution is 2.38. The Morgan fingerprint density at radius 1 is 0.962 bits per heavy atom. The van der Waals surface area contributed by atoms with Gasteiger partial charge in [-0.25, -0.2) is 0 Å². The third-order valence-corrected chi connectivity index (χ3v) is 10.6. The van der Waals surface area contributed by atoms with Gasteiger partial charge in [0.05, 0.1) is 6.10 Å². The Morgan fingerprint density at radius 2 is 1.46 bits per heavy atom. The van der Waals surface area contributed by atoms with Crippen LogP contribution in [0.3, 0.4) is 0 Å². The van der Waals surface area contributed by atoms with Crippen molar-refractivity contribution >= 4 is 18.7 Å². The minimum absolute atomic E-state index is 0.0261. The second-order valence-corrected chi connectivity index (χ2v) is 12.7. The maximum Gasteiger partial charge on any atom is 0.261 e. The fourth-order valence-electron chi connectivity index (χ4n) is 4.11. The topological polar surface area (TPSA) is 29.5 Å². The molecule has 0 saturated heterocycles. The molecule has 2 atom stereocenters. The molecule has 0 saturated carbocycles. The summed E-state index contributed by atoms with van der Waals surface area (Å²) < 4.78 is 6.91. The monoisotopic (exact) mass is 366 g/mol. The van der Waals surface area contributed by atoms with Crippen LogP contribution in [0.2, 0.25) is 5.04 Å². The first kappa shape index (κ1) is 19.1. The molecule has 26 heavy (non-hydrogen) atoms. The molecule has 3 heteroatoms. The first-order chi connectivity index (χ1) is 12.4. The van der Waals surface area contributed by atoms with Crippen LogP contribution >= 0.6 is 0 Å². The Hall–Kier alpha value is -1.68. The highest BCUT2D eigenvalue weighted by atomic mass is 28.4. The van der Waals surface area contributed by atoms with E-state index in [1.54, 1.807) is 0 Å². The van der Waals surface area contributed by atoms with Crippen molar-refractivity contribution in [2.45, 2.75) is 45.3 Å². The number of rotatable bonds is 5. The molecule has 2 aromatic carbocycles. The Bertz CT molecular complexity index is 707. The highest BCUT2D eigenvalue weighted by Gasteiger charge is 2.50. The minimum atomic E-state index is -2.50. The van der Waals surface area contributed by atoms with Crippen molar-refractivity contribution in [1.82, 2.24) is 0 Å². The smallest absolute Gasteiger partial charge is 0.261 e. The third-order valence-electron chi connectivity index (χ3n) is 5.59. The third kappa shape index (κ3) is 3.44. The van der Waals surface area contributed by atoms with E-state index in [0.717, 1.165) is 12.0 Å². The summed E-state index contributed by atoms with van der Waals surface area (Å²) in [5.74, 6) is 0.150. The lowest BCUT2D eigenvalue weighted by Gasteiger charge is -2.43. The molecule has 3 rings (SSSR count). The Kier molecular flexibility index (Phi) is 5.52. The van der Waals surface area contributed by atoms with Crippen molar-refractivity contribution in [2.75, 3.05) is 6.61 Å². The second kappa shape index (κ2) is 7.51. The summed E-state index contributed by atoms with van der Waals surface area (Å²) >= 11 is 0. The lowest BCUT2D eigenvalue weighted by molar-refractivity contribution is 0.110. The summed E-state index contributed by atoms with van der Waals surface area (Å²) in [5, 5.41) is 13.0. The normalized spacial score (nSPS) is 20.9. The predicted octanol–water partition coefficient (Wildman–Crippen LogP) is 3.89. The van der Waals surface area contributed by atoms with E-state index >= 15 is 0 Å². The lowest BCUT2D eigenvalue weighted by Crippen LogP contribution is -2.67. The second-order valence-electron chi connectivity index (χ2n) is 8.36. The van der Waals surface area contributed by atoms with Crippen LogP contribution in [0.1, 0.15) is 34.1 Å². The number of aliphatic hydroxyl groups excluding tert-OH is 1. The van der Waals surface area contributed by atoms with Gasteiger partial charge in [-0.2, -0.15) is 0 Å². The van der Waals surface area contributed by atoms with Gasteiger partial charge in [-0.05, 0) is 34.3 Å². The molecule has 0 bridgehead atoms. The van der Waals surface area contributed by atoms with Crippen molar-refractivity contribution in [3.63, 3.8) is 0 Å². The van der Waals surface area contributed by atoms with Crippen molar-refractivity contribution < 1.29 is 9.53 Å². The summed E-state index contributed by atoms with van der Waals surface area (Å²) in [4.78, 5) is 0. The standard InChI is InChI=1S/C23H30O2Si/c1-18-15-16-19(22(18)24)17-25-26(23(2,3)4,20-11-7-5-8-12-20)21-13-9-6-10-14-21/h5-15,19,22,24H,16-17H2,1-4H3/t19-,22+/m0/s1. The minimum Gasteiger partial charge on any atom is -0.407 e. The first-order valence-corrected chi connectivity index (χ1v) is 11.4. The fraction of sp³-hybridized carbons (Fsp3) is 0.391. The van der Waals surface area contributed by atoms with Crippen LogP contribution in [0.5, 0.6) is 0 Å². The summed E-state index contributed by atoms with van der Waals surface area (Å²) in [5.41, 5.74) is 1.07. The maximum atomic E-state index is 10.5. The molecule has 0 unspecified atom stereocenters. The molecule has 1 aliphatic rings. The Morgan fingerprint density at radius 3 is 1.85 bits per heavy atom.